The smallest absolute Gasteiger partial charge is 0.241 e. The molecule has 0 aromatic heterocycles. The van der Waals surface area contributed by atoms with Gasteiger partial charge >= 0.3 is 0 Å². The minimum atomic E-state index is -0.0195. The molecule has 1 fully saturated rings. The largest absolute Gasteiger partial charge is 0.321 e. The van der Waals surface area contributed by atoms with E-state index in [1.54, 1.807) is 0 Å². The molecule has 1 N–H and O–H groups in total. The molecule has 1 amide bonds. The van der Waals surface area contributed by atoms with Gasteiger partial charge in [0.15, 0.2) is 0 Å². The molecule has 1 aromatic carbocycles. The SMILES string of the molecule is CCCC1NC(c2ccccc2)N(CC(C)C)C1=O. The highest BCUT2D eigenvalue weighted by molar-refractivity contribution is 5.84. The first-order valence-corrected chi connectivity index (χ1v) is 7.25. The highest BCUT2D eigenvalue weighted by Gasteiger charge is 2.38. The monoisotopic (exact) mass is 260 g/mol. The van der Waals surface area contributed by atoms with E-state index < -0.39 is 0 Å². The zero-order valence-electron chi connectivity index (χ0n) is 12.1. The zero-order valence-corrected chi connectivity index (χ0v) is 12.1. The van der Waals surface area contributed by atoms with Gasteiger partial charge in [-0.05, 0) is 17.9 Å². The quantitative estimate of drug-likeness (QED) is 0.883. The number of hydrogen-bond acceptors (Lipinski definition) is 2. The Morgan fingerprint density at radius 1 is 1.26 bits per heavy atom. The van der Waals surface area contributed by atoms with E-state index in [-0.39, 0.29) is 18.1 Å². The number of nitrogens with zero attached hydrogens (tertiary/aromatic N) is 1. The Bertz CT molecular complexity index is 416. The first-order valence-electron chi connectivity index (χ1n) is 7.25. The van der Waals surface area contributed by atoms with Gasteiger partial charge in [0.25, 0.3) is 0 Å². The molecule has 0 radical (unpaired) electrons. The van der Waals surface area contributed by atoms with Gasteiger partial charge in [0, 0.05) is 6.54 Å². The van der Waals surface area contributed by atoms with Crippen molar-refractivity contribution in [1.82, 2.24) is 10.2 Å². The van der Waals surface area contributed by atoms with Gasteiger partial charge in [0.05, 0.1) is 6.04 Å². The molecule has 1 aliphatic rings. The molecule has 1 saturated heterocycles. The molecule has 2 rings (SSSR count). The van der Waals surface area contributed by atoms with Gasteiger partial charge in [-0.2, -0.15) is 0 Å². The van der Waals surface area contributed by atoms with E-state index in [2.05, 4.69) is 38.2 Å². The van der Waals surface area contributed by atoms with Crippen LogP contribution in [0.25, 0.3) is 0 Å². The van der Waals surface area contributed by atoms with Crippen molar-refractivity contribution in [1.29, 1.82) is 0 Å². The summed E-state index contributed by atoms with van der Waals surface area (Å²) in [5.74, 6) is 0.738. The third-order valence-corrected chi connectivity index (χ3v) is 3.51. The maximum Gasteiger partial charge on any atom is 0.241 e. The second kappa shape index (κ2) is 6.20. The van der Waals surface area contributed by atoms with E-state index in [4.69, 9.17) is 0 Å². The molecule has 104 valence electrons. The van der Waals surface area contributed by atoms with Crippen molar-refractivity contribution in [3.63, 3.8) is 0 Å². The van der Waals surface area contributed by atoms with Gasteiger partial charge in [0.1, 0.15) is 6.17 Å². The molecule has 3 heteroatoms. The Balaban J connectivity index is 2.22. The molecule has 19 heavy (non-hydrogen) atoms. The summed E-state index contributed by atoms with van der Waals surface area (Å²) < 4.78 is 0. The van der Waals surface area contributed by atoms with Crippen LogP contribution in [0, 0.1) is 5.92 Å². The van der Waals surface area contributed by atoms with Crippen molar-refractivity contribution in [2.75, 3.05) is 6.54 Å². The summed E-state index contributed by atoms with van der Waals surface area (Å²) in [5, 5.41) is 3.49. The number of nitrogens with one attached hydrogen (secondary N) is 1. The lowest BCUT2D eigenvalue weighted by molar-refractivity contribution is -0.130. The maximum absolute atomic E-state index is 12.5. The van der Waals surface area contributed by atoms with Crippen LogP contribution >= 0.6 is 0 Å². The van der Waals surface area contributed by atoms with Crippen LogP contribution in [0.1, 0.15) is 45.3 Å². The number of carbonyl (C=O) groups excluding carboxylic acids is 1. The third-order valence-electron chi connectivity index (χ3n) is 3.51. The van der Waals surface area contributed by atoms with Crippen LogP contribution in [0.5, 0.6) is 0 Å². The van der Waals surface area contributed by atoms with E-state index in [1.807, 2.05) is 23.1 Å². The summed E-state index contributed by atoms with van der Waals surface area (Å²) in [6.45, 7) is 7.24. The predicted octanol–water partition coefficient (Wildman–Crippen LogP) is 2.94. The van der Waals surface area contributed by atoms with Crippen LogP contribution in [0.15, 0.2) is 30.3 Å². The summed E-state index contributed by atoms with van der Waals surface area (Å²) in [6.07, 6.45) is 1.98. The molecule has 0 aliphatic carbocycles. The molecule has 1 heterocycles. The van der Waals surface area contributed by atoms with Crippen molar-refractivity contribution < 1.29 is 4.79 Å². The average Bonchev–Trinajstić information content (AvgIpc) is 2.69. The highest BCUT2D eigenvalue weighted by atomic mass is 16.2. The molecule has 0 spiro atoms. The Morgan fingerprint density at radius 2 is 1.95 bits per heavy atom. The first-order chi connectivity index (χ1) is 9.13. The van der Waals surface area contributed by atoms with E-state index in [0.717, 1.165) is 19.4 Å². The fourth-order valence-electron chi connectivity index (χ4n) is 2.67. The van der Waals surface area contributed by atoms with Gasteiger partial charge in [-0.1, -0.05) is 57.5 Å². The molecule has 2 unspecified atom stereocenters. The summed E-state index contributed by atoms with van der Waals surface area (Å²) in [4.78, 5) is 14.5. The van der Waals surface area contributed by atoms with Gasteiger partial charge in [-0.3, -0.25) is 10.1 Å². The van der Waals surface area contributed by atoms with E-state index in [1.165, 1.54) is 5.56 Å². The van der Waals surface area contributed by atoms with Crippen LogP contribution in [0.4, 0.5) is 0 Å². The first kappa shape index (κ1) is 14.1. The van der Waals surface area contributed by atoms with E-state index in [9.17, 15) is 4.79 Å². The van der Waals surface area contributed by atoms with E-state index in [0.29, 0.717) is 5.92 Å². The second-order valence-corrected chi connectivity index (χ2v) is 5.71. The Labute approximate surface area is 116 Å². The molecule has 1 aliphatic heterocycles. The molecule has 0 bridgehead atoms. The van der Waals surface area contributed by atoms with Gasteiger partial charge in [-0.25, -0.2) is 0 Å². The van der Waals surface area contributed by atoms with Crippen LogP contribution < -0.4 is 5.32 Å². The van der Waals surface area contributed by atoms with Crippen molar-refractivity contribution in [2.45, 2.75) is 45.8 Å². The number of rotatable bonds is 5. The number of carbonyl (C=O) groups is 1. The van der Waals surface area contributed by atoms with Crippen LogP contribution in [-0.2, 0) is 4.79 Å². The lowest BCUT2D eigenvalue weighted by Gasteiger charge is -2.26. The third kappa shape index (κ3) is 3.16. The van der Waals surface area contributed by atoms with Crippen LogP contribution in [0.2, 0.25) is 0 Å². The van der Waals surface area contributed by atoms with Crippen LogP contribution in [0.3, 0.4) is 0 Å². The number of benzene rings is 1. The van der Waals surface area contributed by atoms with Crippen LogP contribution in [-0.4, -0.2) is 23.4 Å². The van der Waals surface area contributed by atoms with Gasteiger partial charge in [-0.15, -0.1) is 0 Å². The molecular formula is C16H24N2O. The number of hydrogen-bond donors (Lipinski definition) is 1. The fourth-order valence-corrected chi connectivity index (χ4v) is 2.67. The van der Waals surface area contributed by atoms with Crippen molar-refractivity contribution in [3.8, 4) is 0 Å². The minimum Gasteiger partial charge on any atom is -0.321 e. The zero-order chi connectivity index (χ0) is 13.8. The fraction of sp³-hybridized carbons (Fsp3) is 0.562. The van der Waals surface area contributed by atoms with E-state index >= 15 is 0 Å². The summed E-state index contributed by atoms with van der Waals surface area (Å²) in [7, 11) is 0. The standard InChI is InChI=1S/C16H24N2O/c1-4-8-14-16(19)18(11-12(2)3)15(17-14)13-9-6-5-7-10-13/h5-7,9-10,12,14-15,17H,4,8,11H2,1-3H3. The highest BCUT2D eigenvalue weighted by Crippen LogP contribution is 2.27. The van der Waals surface area contributed by atoms with Crippen molar-refractivity contribution >= 4 is 5.91 Å². The lowest BCUT2D eigenvalue weighted by atomic mass is 10.1. The second-order valence-electron chi connectivity index (χ2n) is 5.71. The van der Waals surface area contributed by atoms with Gasteiger partial charge < -0.3 is 4.90 Å². The predicted molar refractivity (Wildman–Crippen MR) is 77.6 cm³/mol. The maximum atomic E-state index is 12.5. The summed E-state index contributed by atoms with van der Waals surface area (Å²) >= 11 is 0. The van der Waals surface area contributed by atoms with Gasteiger partial charge in [0.2, 0.25) is 5.91 Å². The topological polar surface area (TPSA) is 32.3 Å². The van der Waals surface area contributed by atoms with Crippen molar-refractivity contribution in [2.24, 2.45) is 5.92 Å². The molecule has 1 aromatic rings. The minimum absolute atomic E-state index is 0.0195. The molecule has 0 saturated carbocycles. The Hall–Kier alpha value is -1.35. The lowest BCUT2D eigenvalue weighted by Crippen LogP contribution is -2.34. The molecule has 3 nitrogen and oxygen atoms in total. The summed E-state index contributed by atoms with van der Waals surface area (Å²) in [5.41, 5.74) is 1.18. The normalized spacial score (nSPS) is 23.4. The van der Waals surface area contributed by atoms with Crippen molar-refractivity contribution in [3.05, 3.63) is 35.9 Å². The summed E-state index contributed by atoms with van der Waals surface area (Å²) in [6, 6.07) is 10.2. The molecular weight excluding hydrogens is 236 g/mol. The Morgan fingerprint density at radius 3 is 2.53 bits per heavy atom. The Kier molecular flexibility index (Phi) is 4.59. The number of amides is 1. The molecule has 2 atom stereocenters. The average molecular weight is 260 g/mol.